The molecule has 2 aromatic carbocycles. The third kappa shape index (κ3) is 4.33. The number of nitrogens with zero attached hydrogens (tertiary/aromatic N) is 2. The maximum absolute atomic E-state index is 5.38. The van der Waals surface area contributed by atoms with Crippen LogP contribution in [0, 0.1) is 0 Å². The molecule has 3 aromatic rings. The van der Waals surface area contributed by atoms with Crippen LogP contribution in [0.4, 0.5) is 5.69 Å². The second kappa shape index (κ2) is 10.1. The Bertz CT molecular complexity index is 1110. The van der Waals surface area contributed by atoms with Crippen molar-refractivity contribution < 1.29 is 38.0 Å². The number of halogens is 1. The Balaban J connectivity index is 0.00000256. The summed E-state index contributed by atoms with van der Waals surface area (Å²) >= 11 is 3.58. The van der Waals surface area contributed by atoms with Crippen LogP contribution in [0.15, 0.2) is 58.5 Å². The highest BCUT2D eigenvalue weighted by molar-refractivity contribution is 8.03. The van der Waals surface area contributed by atoms with Crippen molar-refractivity contribution in [3.8, 4) is 11.5 Å². The van der Waals surface area contributed by atoms with Crippen LogP contribution >= 0.6 is 23.1 Å². The van der Waals surface area contributed by atoms with Crippen LogP contribution in [0.1, 0.15) is 18.9 Å². The van der Waals surface area contributed by atoms with Gasteiger partial charge >= 0.3 is 0 Å². The number of thiazole rings is 1. The monoisotopic (exact) mass is 552 g/mol. The predicted octanol–water partition coefficient (Wildman–Crippen LogP) is 2.72. The summed E-state index contributed by atoms with van der Waals surface area (Å²) in [5, 5.41) is 2.47. The molecule has 2 heterocycles. The van der Waals surface area contributed by atoms with E-state index in [4.69, 9.17) is 9.47 Å². The van der Waals surface area contributed by atoms with E-state index in [1.165, 1.54) is 30.8 Å². The topological polar surface area (TPSA) is 25.6 Å². The van der Waals surface area contributed by atoms with E-state index in [0.29, 0.717) is 0 Å². The summed E-state index contributed by atoms with van der Waals surface area (Å²) in [5.74, 6) is 1.79. The summed E-state index contributed by atoms with van der Waals surface area (Å²) in [4.78, 5) is 3.58. The zero-order chi connectivity index (χ0) is 20.4. The minimum atomic E-state index is 0. The lowest BCUT2D eigenvalue weighted by molar-refractivity contribution is -0.665. The number of hydrogen-bond acceptors (Lipinski definition) is 5. The normalized spacial score (nSPS) is 14.4. The van der Waals surface area contributed by atoms with E-state index in [1.807, 2.05) is 12.1 Å². The van der Waals surface area contributed by atoms with Crippen LogP contribution in [0.3, 0.4) is 0 Å². The van der Waals surface area contributed by atoms with Gasteiger partial charge in [0.15, 0.2) is 0 Å². The molecule has 0 saturated heterocycles. The van der Waals surface area contributed by atoms with E-state index in [9.17, 15) is 0 Å². The molecule has 0 fully saturated rings. The minimum absolute atomic E-state index is 0. The molecule has 0 amide bonds. The van der Waals surface area contributed by atoms with E-state index < -0.39 is 0 Å². The quantitative estimate of drug-likeness (QED) is 0.347. The van der Waals surface area contributed by atoms with Gasteiger partial charge in [0.25, 0.3) is 5.01 Å². The summed E-state index contributed by atoms with van der Waals surface area (Å²) in [6, 6.07) is 12.5. The molecule has 4 nitrogen and oxygen atoms in total. The van der Waals surface area contributed by atoms with E-state index in [-0.39, 0.29) is 24.0 Å². The van der Waals surface area contributed by atoms with Crippen LogP contribution < -0.4 is 42.9 Å². The van der Waals surface area contributed by atoms with Gasteiger partial charge in [-0.1, -0.05) is 29.2 Å². The first-order valence-corrected chi connectivity index (χ1v) is 11.3. The molecule has 0 atom stereocenters. The van der Waals surface area contributed by atoms with Crippen molar-refractivity contribution in [3.05, 3.63) is 58.6 Å². The molecule has 158 valence electrons. The molecule has 0 aliphatic carbocycles. The van der Waals surface area contributed by atoms with Crippen molar-refractivity contribution in [2.45, 2.75) is 25.3 Å². The summed E-state index contributed by atoms with van der Waals surface area (Å²) in [6.07, 6.45) is 6.55. The number of aryl methyl sites for hydroxylation is 1. The Morgan fingerprint density at radius 1 is 1.03 bits per heavy atom. The average molecular weight is 553 g/mol. The van der Waals surface area contributed by atoms with Crippen molar-refractivity contribution in [1.82, 2.24) is 0 Å². The second-order valence-electron chi connectivity index (χ2n) is 6.56. The molecule has 7 heteroatoms. The standard InChI is InChI=1S/C23H25N2O2S2.HI/c1-5-24-18-12-10-16(26-3)14-20(18)28-22(24)8-7-9-23-25(6-2)19-13-11-17(27-4)15-21(19)29-23;/h7-15H,5-6H2,1-4H3;1H/q+1;/p-1. The van der Waals surface area contributed by atoms with Crippen molar-refractivity contribution >= 4 is 45.1 Å². The number of thioether (sulfide) groups is 1. The zero-order valence-electron chi connectivity index (χ0n) is 17.5. The average Bonchev–Trinajstić information content (AvgIpc) is 3.29. The number of methoxy groups -OCH3 is 2. The molecule has 0 bridgehead atoms. The molecule has 0 N–H and O–H groups in total. The number of hydrogen-bond donors (Lipinski definition) is 0. The van der Waals surface area contributed by atoms with Gasteiger partial charge in [0, 0.05) is 29.6 Å². The highest BCUT2D eigenvalue weighted by atomic mass is 127. The number of rotatable bonds is 6. The lowest BCUT2D eigenvalue weighted by Gasteiger charge is -2.17. The Kier molecular flexibility index (Phi) is 7.70. The molecule has 30 heavy (non-hydrogen) atoms. The van der Waals surface area contributed by atoms with E-state index in [1.54, 1.807) is 37.3 Å². The van der Waals surface area contributed by atoms with Crippen molar-refractivity contribution in [2.75, 3.05) is 25.7 Å². The van der Waals surface area contributed by atoms with Gasteiger partial charge in [-0.05, 0) is 44.2 Å². The number of benzene rings is 2. The van der Waals surface area contributed by atoms with Crippen molar-refractivity contribution in [2.24, 2.45) is 0 Å². The second-order valence-corrected chi connectivity index (χ2v) is 8.69. The molecule has 0 spiro atoms. The first kappa shape index (κ1) is 23.0. The summed E-state index contributed by atoms with van der Waals surface area (Å²) in [6.45, 7) is 6.23. The molecule has 0 unspecified atom stereocenters. The van der Waals surface area contributed by atoms with Gasteiger partial charge in [0.05, 0.1) is 24.9 Å². The van der Waals surface area contributed by atoms with E-state index in [2.05, 4.69) is 65.8 Å². The van der Waals surface area contributed by atoms with Crippen LogP contribution in [0.2, 0.25) is 0 Å². The highest BCUT2D eigenvalue weighted by Crippen LogP contribution is 2.47. The fraction of sp³-hybridized carbons (Fsp3) is 0.261. The van der Waals surface area contributed by atoms with Gasteiger partial charge < -0.3 is 38.4 Å². The number of ether oxygens (including phenoxy) is 2. The van der Waals surface area contributed by atoms with Crippen molar-refractivity contribution in [3.63, 3.8) is 0 Å². The van der Waals surface area contributed by atoms with Crippen LogP contribution in [-0.2, 0) is 6.54 Å². The highest BCUT2D eigenvalue weighted by Gasteiger charge is 2.24. The van der Waals surface area contributed by atoms with Crippen LogP contribution in [-0.4, -0.2) is 20.8 Å². The lowest BCUT2D eigenvalue weighted by Crippen LogP contribution is -3.00. The molecule has 4 rings (SSSR count). The fourth-order valence-corrected chi connectivity index (χ4v) is 5.87. The smallest absolute Gasteiger partial charge is 0.262 e. The largest absolute Gasteiger partial charge is 1.00 e. The maximum atomic E-state index is 5.38. The number of aromatic nitrogens is 1. The molecule has 1 aromatic heterocycles. The first-order valence-electron chi connectivity index (χ1n) is 9.70. The first-order chi connectivity index (χ1) is 14.2. The Morgan fingerprint density at radius 2 is 1.77 bits per heavy atom. The summed E-state index contributed by atoms with van der Waals surface area (Å²) < 4.78 is 14.3. The predicted molar refractivity (Wildman–Crippen MR) is 123 cm³/mol. The number of anilines is 1. The summed E-state index contributed by atoms with van der Waals surface area (Å²) in [5.41, 5.74) is 2.49. The van der Waals surface area contributed by atoms with Gasteiger partial charge in [-0.15, -0.1) is 0 Å². The van der Waals surface area contributed by atoms with Gasteiger partial charge in [-0.25, -0.2) is 0 Å². The molecule has 0 saturated carbocycles. The third-order valence-electron chi connectivity index (χ3n) is 4.99. The van der Waals surface area contributed by atoms with Gasteiger partial charge in [0.2, 0.25) is 5.52 Å². The van der Waals surface area contributed by atoms with E-state index >= 15 is 0 Å². The SMILES string of the molecule is CCN1/C(=C/C=C/c2sc3cc(OC)ccc3[n+]2CC)Sc2cc(OC)ccc21.[I-]. The molecular weight excluding hydrogens is 527 g/mol. The molecule has 0 radical (unpaired) electrons. The fourth-order valence-electron chi connectivity index (χ4n) is 3.54. The third-order valence-corrected chi connectivity index (χ3v) is 7.21. The van der Waals surface area contributed by atoms with Gasteiger partial charge in [-0.3, -0.25) is 0 Å². The van der Waals surface area contributed by atoms with Gasteiger partial charge in [-0.2, -0.15) is 4.57 Å². The van der Waals surface area contributed by atoms with Gasteiger partial charge in [0.1, 0.15) is 22.7 Å². The zero-order valence-corrected chi connectivity index (χ0v) is 21.3. The lowest BCUT2D eigenvalue weighted by atomic mass is 10.2. The van der Waals surface area contributed by atoms with Crippen LogP contribution in [0.5, 0.6) is 11.5 Å². The van der Waals surface area contributed by atoms with E-state index in [0.717, 1.165) is 24.6 Å². The Hall–Kier alpha value is -1.71. The Morgan fingerprint density at radius 3 is 2.47 bits per heavy atom. The Labute approximate surface area is 203 Å². The molecular formula is C23H25IN2O2S2. The maximum Gasteiger partial charge on any atom is 0.262 e. The number of fused-ring (bicyclic) bond motifs is 2. The molecule has 1 aliphatic rings. The van der Waals surface area contributed by atoms with Crippen molar-refractivity contribution in [1.29, 1.82) is 0 Å². The minimum Gasteiger partial charge on any atom is -1.00 e. The summed E-state index contributed by atoms with van der Waals surface area (Å²) in [7, 11) is 3.42. The molecule has 1 aliphatic heterocycles. The van der Waals surface area contributed by atoms with Crippen LogP contribution in [0.25, 0.3) is 16.3 Å². The number of allylic oxidation sites excluding steroid dienone is 2.